The van der Waals surface area contributed by atoms with Crippen LogP contribution in [-0.2, 0) is 20.7 Å². The van der Waals surface area contributed by atoms with Crippen LogP contribution in [0.1, 0.15) is 18.9 Å². The highest BCUT2D eigenvalue weighted by molar-refractivity contribution is 5.79. The maximum Gasteiger partial charge on any atom is 0.307 e. The van der Waals surface area contributed by atoms with Crippen molar-refractivity contribution >= 4 is 11.9 Å². The Bertz CT molecular complexity index is 448. The maximum atomic E-state index is 13.4. The second-order valence-electron chi connectivity index (χ2n) is 4.07. The van der Waals surface area contributed by atoms with E-state index < -0.39 is 0 Å². The van der Waals surface area contributed by atoms with E-state index in [1.54, 1.807) is 18.2 Å². The monoisotopic (exact) mass is 267 g/mol. The lowest BCUT2D eigenvalue weighted by Crippen LogP contribution is -2.34. The molecule has 0 heterocycles. The highest BCUT2D eigenvalue weighted by Crippen LogP contribution is 2.09. The van der Waals surface area contributed by atoms with Crippen LogP contribution in [0.25, 0.3) is 0 Å². The average molecular weight is 267 g/mol. The second-order valence-corrected chi connectivity index (χ2v) is 4.07. The summed E-state index contributed by atoms with van der Waals surface area (Å²) in [4.78, 5) is 24.6. The van der Waals surface area contributed by atoms with E-state index in [9.17, 15) is 14.0 Å². The smallest absolute Gasteiger partial charge is 0.307 e. The predicted molar refractivity (Wildman–Crippen MR) is 69.0 cm³/mol. The van der Waals surface area contributed by atoms with Crippen LogP contribution in [0.5, 0.6) is 0 Å². The van der Waals surface area contributed by atoms with Gasteiger partial charge in [0, 0.05) is 13.1 Å². The van der Waals surface area contributed by atoms with Crippen molar-refractivity contribution in [2.75, 3.05) is 20.2 Å². The van der Waals surface area contributed by atoms with Crippen LogP contribution < -0.4 is 0 Å². The Morgan fingerprint density at radius 1 is 1.32 bits per heavy atom. The van der Waals surface area contributed by atoms with Gasteiger partial charge in [-0.25, -0.2) is 4.39 Å². The Morgan fingerprint density at radius 2 is 2.00 bits per heavy atom. The first-order chi connectivity index (χ1) is 9.08. The lowest BCUT2D eigenvalue weighted by molar-refractivity contribution is -0.141. The number of esters is 1. The molecule has 1 aromatic carbocycles. The van der Waals surface area contributed by atoms with Crippen LogP contribution >= 0.6 is 0 Å². The number of carbonyl (C=O) groups excluding carboxylic acids is 2. The highest BCUT2D eigenvalue weighted by Gasteiger charge is 2.15. The SMILES string of the molecule is CCN(CCC(=O)OC)C(=O)Cc1ccccc1F. The number of halogens is 1. The molecule has 0 saturated heterocycles. The first-order valence-corrected chi connectivity index (χ1v) is 6.16. The molecule has 5 heteroatoms. The van der Waals surface area contributed by atoms with E-state index in [2.05, 4.69) is 4.74 Å². The van der Waals surface area contributed by atoms with Crippen molar-refractivity contribution in [2.45, 2.75) is 19.8 Å². The van der Waals surface area contributed by atoms with Gasteiger partial charge in [0.1, 0.15) is 5.82 Å². The highest BCUT2D eigenvalue weighted by atomic mass is 19.1. The van der Waals surface area contributed by atoms with E-state index in [0.29, 0.717) is 12.1 Å². The number of amides is 1. The van der Waals surface area contributed by atoms with E-state index in [0.717, 1.165) is 0 Å². The van der Waals surface area contributed by atoms with Crippen LogP contribution in [0, 0.1) is 5.82 Å². The van der Waals surface area contributed by atoms with Crippen molar-refractivity contribution < 1.29 is 18.7 Å². The average Bonchev–Trinajstić information content (AvgIpc) is 2.41. The molecule has 0 aliphatic heterocycles. The molecule has 1 rings (SSSR count). The van der Waals surface area contributed by atoms with E-state index in [1.807, 2.05) is 6.92 Å². The molecule has 0 spiro atoms. The van der Waals surface area contributed by atoms with Gasteiger partial charge in [0.15, 0.2) is 0 Å². The summed E-state index contributed by atoms with van der Waals surface area (Å²) >= 11 is 0. The zero-order chi connectivity index (χ0) is 14.3. The molecule has 0 radical (unpaired) electrons. The number of methoxy groups -OCH3 is 1. The molecule has 0 aliphatic carbocycles. The van der Waals surface area contributed by atoms with Crippen molar-refractivity contribution in [3.05, 3.63) is 35.6 Å². The number of rotatable bonds is 6. The van der Waals surface area contributed by atoms with E-state index in [4.69, 9.17) is 0 Å². The molecule has 0 aromatic heterocycles. The minimum absolute atomic E-state index is 0.00167. The molecule has 0 atom stereocenters. The van der Waals surface area contributed by atoms with Crippen molar-refractivity contribution in [3.63, 3.8) is 0 Å². The van der Waals surface area contributed by atoms with Crippen molar-refractivity contribution in [1.29, 1.82) is 0 Å². The molecule has 19 heavy (non-hydrogen) atoms. The summed E-state index contributed by atoms with van der Waals surface area (Å²) in [5, 5.41) is 0. The number of hydrogen-bond donors (Lipinski definition) is 0. The van der Waals surface area contributed by atoms with Gasteiger partial charge in [-0.3, -0.25) is 9.59 Å². The predicted octanol–water partition coefficient (Wildman–Crippen LogP) is 1.78. The molecule has 4 nitrogen and oxygen atoms in total. The van der Waals surface area contributed by atoms with Crippen LogP contribution in [-0.4, -0.2) is 37.0 Å². The van der Waals surface area contributed by atoms with Crippen LogP contribution in [0.2, 0.25) is 0 Å². The van der Waals surface area contributed by atoms with Crippen molar-refractivity contribution in [2.24, 2.45) is 0 Å². The van der Waals surface area contributed by atoms with Gasteiger partial charge in [0.2, 0.25) is 5.91 Å². The Hall–Kier alpha value is -1.91. The van der Waals surface area contributed by atoms with Gasteiger partial charge in [0.05, 0.1) is 20.0 Å². The summed E-state index contributed by atoms with van der Waals surface area (Å²) in [6.07, 6.45) is 0.148. The molecular weight excluding hydrogens is 249 g/mol. The lowest BCUT2D eigenvalue weighted by Gasteiger charge is -2.20. The number of carbonyl (C=O) groups is 2. The van der Waals surface area contributed by atoms with Gasteiger partial charge >= 0.3 is 5.97 Å². The summed E-state index contributed by atoms with van der Waals surface area (Å²) in [5.41, 5.74) is 0.365. The lowest BCUT2D eigenvalue weighted by atomic mass is 10.1. The van der Waals surface area contributed by atoms with Gasteiger partial charge in [-0.05, 0) is 18.6 Å². The van der Waals surface area contributed by atoms with Gasteiger partial charge in [-0.2, -0.15) is 0 Å². The van der Waals surface area contributed by atoms with Gasteiger partial charge < -0.3 is 9.64 Å². The van der Waals surface area contributed by atoms with E-state index in [1.165, 1.54) is 18.1 Å². The molecule has 0 saturated carbocycles. The fourth-order valence-electron chi connectivity index (χ4n) is 1.70. The summed E-state index contributed by atoms with van der Waals surface area (Å²) in [6.45, 7) is 2.58. The first kappa shape index (κ1) is 15.1. The number of nitrogens with zero attached hydrogens (tertiary/aromatic N) is 1. The number of hydrogen-bond acceptors (Lipinski definition) is 3. The second kappa shape index (κ2) is 7.51. The third-order valence-corrected chi connectivity index (χ3v) is 2.85. The summed E-state index contributed by atoms with van der Waals surface area (Å²) in [6, 6.07) is 6.18. The van der Waals surface area contributed by atoms with Gasteiger partial charge in [-0.15, -0.1) is 0 Å². The fraction of sp³-hybridized carbons (Fsp3) is 0.429. The Balaban J connectivity index is 2.59. The minimum Gasteiger partial charge on any atom is -0.469 e. The van der Waals surface area contributed by atoms with Gasteiger partial charge in [0.25, 0.3) is 0 Å². The van der Waals surface area contributed by atoms with Gasteiger partial charge in [-0.1, -0.05) is 18.2 Å². The molecule has 0 bridgehead atoms. The Kier molecular flexibility index (Phi) is 5.99. The number of likely N-dealkylation sites (N-methyl/N-ethyl adjacent to an activating group) is 1. The standard InChI is InChI=1S/C14H18FNO3/c1-3-16(9-8-14(18)19-2)13(17)10-11-6-4-5-7-12(11)15/h4-7H,3,8-10H2,1-2H3. The third-order valence-electron chi connectivity index (χ3n) is 2.85. The molecule has 1 aromatic rings. The first-order valence-electron chi connectivity index (χ1n) is 6.16. The molecular formula is C14H18FNO3. The largest absolute Gasteiger partial charge is 0.469 e. The summed E-state index contributed by atoms with van der Waals surface area (Å²) < 4.78 is 18.0. The van der Waals surface area contributed by atoms with E-state index in [-0.39, 0.29) is 37.1 Å². The molecule has 0 unspecified atom stereocenters. The van der Waals surface area contributed by atoms with Crippen molar-refractivity contribution in [3.8, 4) is 0 Å². The Morgan fingerprint density at radius 3 is 2.58 bits per heavy atom. The molecule has 1 amide bonds. The molecule has 0 fully saturated rings. The van der Waals surface area contributed by atoms with Crippen LogP contribution in [0.3, 0.4) is 0 Å². The topological polar surface area (TPSA) is 46.6 Å². The Labute approximate surface area is 112 Å². The number of ether oxygens (including phenoxy) is 1. The normalized spacial score (nSPS) is 10.1. The van der Waals surface area contributed by atoms with E-state index >= 15 is 0 Å². The summed E-state index contributed by atoms with van der Waals surface area (Å²) in [5.74, 6) is -0.950. The maximum absolute atomic E-state index is 13.4. The number of benzene rings is 1. The third kappa shape index (κ3) is 4.69. The molecule has 0 aliphatic rings. The zero-order valence-electron chi connectivity index (χ0n) is 11.2. The molecule has 104 valence electrons. The zero-order valence-corrected chi connectivity index (χ0v) is 11.2. The minimum atomic E-state index is -0.389. The quantitative estimate of drug-likeness (QED) is 0.738. The van der Waals surface area contributed by atoms with Crippen LogP contribution in [0.15, 0.2) is 24.3 Å². The van der Waals surface area contributed by atoms with Crippen LogP contribution in [0.4, 0.5) is 4.39 Å². The summed E-state index contributed by atoms with van der Waals surface area (Å²) in [7, 11) is 1.31. The van der Waals surface area contributed by atoms with Crippen molar-refractivity contribution in [1.82, 2.24) is 4.90 Å². The molecule has 0 N–H and O–H groups in total. The fourth-order valence-corrected chi connectivity index (χ4v) is 1.70.